The maximum atomic E-state index is 6.11. The van der Waals surface area contributed by atoms with Gasteiger partial charge in [-0.15, -0.1) is 24.0 Å². The van der Waals surface area contributed by atoms with Crippen LogP contribution < -0.4 is 5.73 Å². The highest BCUT2D eigenvalue weighted by atomic mass is 127. The summed E-state index contributed by atoms with van der Waals surface area (Å²) in [4.78, 5) is 9.37. The van der Waals surface area contributed by atoms with E-state index in [2.05, 4.69) is 28.6 Å². The third-order valence-electron chi connectivity index (χ3n) is 4.41. The number of piperidine rings is 2. The maximum Gasteiger partial charge on any atom is 0.191 e. The number of guanidine groups is 1. The fourth-order valence-corrected chi connectivity index (χ4v) is 3.29. The second-order valence-corrected chi connectivity index (χ2v) is 6.48. The molecule has 20 heavy (non-hydrogen) atoms. The fourth-order valence-electron chi connectivity index (χ4n) is 3.29. The van der Waals surface area contributed by atoms with Crippen LogP contribution in [-0.4, -0.2) is 55.0 Å². The number of hydrogen-bond acceptors (Lipinski definition) is 2. The summed E-state index contributed by atoms with van der Waals surface area (Å²) < 4.78 is 0. The van der Waals surface area contributed by atoms with E-state index in [-0.39, 0.29) is 24.0 Å². The second kappa shape index (κ2) is 9.07. The predicted molar refractivity (Wildman–Crippen MR) is 96.7 cm³/mol. The topological polar surface area (TPSA) is 44.9 Å². The first-order valence-corrected chi connectivity index (χ1v) is 7.92. The standard InChI is InChI=1S/C15H30N4.HI/c1-13-5-3-8-18(11-13)10-7-17-15(16)19-9-4-6-14(2)12-19;/h13-14H,3-12H2,1-2H3,(H2,16,17);1H. The van der Waals surface area contributed by atoms with E-state index in [0.717, 1.165) is 44.0 Å². The minimum atomic E-state index is 0. The van der Waals surface area contributed by atoms with Gasteiger partial charge in [0, 0.05) is 26.2 Å². The van der Waals surface area contributed by atoms with Gasteiger partial charge in [0.05, 0.1) is 6.54 Å². The van der Waals surface area contributed by atoms with Gasteiger partial charge >= 0.3 is 0 Å². The second-order valence-electron chi connectivity index (χ2n) is 6.48. The fraction of sp³-hybridized carbons (Fsp3) is 0.933. The van der Waals surface area contributed by atoms with Crippen molar-refractivity contribution in [1.82, 2.24) is 9.80 Å². The van der Waals surface area contributed by atoms with Gasteiger partial charge < -0.3 is 15.5 Å². The molecular weight excluding hydrogens is 363 g/mol. The highest BCUT2D eigenvalue weighted by Gasteiger charge is 2.18. The Morgan fingerprint density at radius 1 is 1.10 bits per heavy atom. The Labute approximate surface area is 141 Å². The van der Waals surface area contributed by atoms with Crippen molar-refractivity contribution in [2.24, 2.45) is 22.6 Å². The van der Waals surface area contributed by atoms with Crippen molar-refractivity contribution in [2.45, 2.75) is 39.5 Å². The first kappa shape index (κ1) is 18.0. The summed E-state index contributed by atoms with van der Waals surface area (Å²) in [6, 6.07) is 0. The summed E-state index contributed by atoms with van der Waals surface area (Å²) in [6.07, 6.45) is 5.30. The Bertz CT molecular complexity index is 308. The Morgan fingerprint density at radius 2 is 1.75 bits per heavy atom. The van der Waals surface area contributed by atoms with Gasteiger partial charge in [0.1, 0.15) is 0 Å². The number of likely N-dealkylation sites (tertiary alicyclic amines) is 2. The zero-order chi connectivity index (χ0) is 13.7. The molecule has 5 heteroatoms. The number of nitrogens with two attached hydrogens (primary N) is 1. The largest absolute Gasteiger partial charge is 0.370 e. The van der Waals surface area contributed by atoms with Gasteiger partial charge in [-0.05, 0) is 44.1 Å². The van der Waals surface area contributed by atoms with Crippen LogP contribution in [0.3, 0.4) is 0 Å². The first-order valence-electron chi connectivity index (χ1n) is 7.92. The van der Waals surface area contributed by atoms with Crippen LogP contribution in [-0.2, 0) is 0 Å². The van der Waals surface area contributed by atoms with Crippen molar-refractivity contribution >= 4 is 29.9 Å². The minimum Gasteiger partial charge on any atom is -0.370 e. The molecule has 118 valence electrons. The van der Waals surface area contributed by atoms with Crippen molar-refractivity contribution in [2.75, 3.05) is 39.3 Å². The monoisotopic (exact) mass is 394 g/mol. The molecule has 2 unspecified atom stereocenters. The van der Waals surface area contributed by atoms with Crippen molar-refractivity contribution in [3.63, 3.8) is 0 Å². The van der Waals surface area contributed by atoms with E-state index in [0.29, 0.717) is 0 Å². The van der Waals surface area contributed by atoms with E-state index in [1.165, 1.54) is 38.8 Å². The Morgan fingerprint density at radius 3 is 2.40 bits per heavy atom. The van der Waals surface area contributed by atoms with Gasteiger partial charge in [0.25, 0.3) is 0 Å². The van der Waals surface area contributed by atoms with Crippen LogP contribution in [0.4, 0.5) is 0 Å². The number of rotatable bonds is 3. The first-order chi connectivity index (χ1) is 9.15. The molecule has 0 amide bonds. The lowest BCUT2D eigenvalue weighted by molar-refractivity contribution is 0.188. The SMILES string of the molecule is CC1CCCN(CCN=C(N)N2CCCC(C)C2)C1.I. The number of hydrogen-bond donors (Lipinski definition) is 1. The Hall–Kier alpha value is -0.0400. The number of halogens is 1. The van der Waals surface area contributed by atoms with Crippen LogP contribution in [0.1, 0.15) is 39.5 Å². The molecule has 0 aromatic rings. The van der Waals surface area contributed by atoms with Crippen LogP contribution >= 0.6 is 24.0 Å². The van der Waals surface area contributed by atoms with E-state index >= 15 is 0 Å². The van der Waals surface area contributed by atoms with E-state index < -0.39 is 0 Å². The highest BCUT2D eigenvalue weighted by Crippen LogP contribution is 2.16. The van der Waals surface area contributed by atoms with E-state index in [1.807, 2.05) is 0 Å². The summed E-state index contributed by atoms with van der Waals surface area (Å²) in [6.45, 7) is 11.2. The summed E-state index contributed by atoms with van der Waals surface area (Å²) in [5, 5.41) is 0. The Kier molecular flexibility index (Phi) is 8.17. The van der Waals surface area contributed by atoms with Gasteiger partial charge in [-0.1, -0.05) is 13.8 Å². The molecule has 2 atom stereocenters. The van der Waals surface area contributed by atoms with Crippen LogP contribution in [0.25, 0.3) is 0 Å². The Balaban J connectivity index is 0.00000200. The van der Waals surface area contributed by atoms with Gasteiger partial charge in [-0.25, -0.2) is 0 Å². The van der Waals surface area contributed by atoms with E-state index in [9.17, 15) is 0 Å². The number of nitrogens with zero attached hydrogens (tertiary/aromatic N) is 3. The van der Waals surface area contributed by atoms with Crippen LogP contribution in [0.5, 0.6) is 0 Å². The molecule has 2 rings (SSSR count). The molecule has 0 aromatic heterocycles. The van der Waals surface area contributed by atoms with Gasteiger partial charge in [0.15, 0.2) is 5.96 Å². The summed E-state index contributed by atoms with van der Waals surface area (Å²) in [5.74, 6) is 2.36. The molecule has 0 radical (unpaired) electrons. The van der Waals surface area contributed by atoms with Crippen molar-refractivity contribution in [1.29, 1.82) is 0 Å². The molecule has 2 saturated heterocycles. The van der Waals surface area contributed by atoms with Crippen molar-refractivity contribution in [3.05, 3.63) is 0 Å². The molecule has 2 aliphatic heterocycles. The van der Waals surface area contributed by atoms with Gasteiger partial charge in [0.2, 0.25) is 0 Å². The lowest BCUT2D eigenvalue weighted by Crippen LogP contribution is -2.44. The van der Waals surface area contributed by atoms with Gasteiger partial charge in [-0.3, -0.25) is 4.99 Å². The molecular formula is C15H31IN4. The molecule has 2 fully saturated rings. The molecule has 2 aliphatic rings. The maximum absolute atomic E-state index is 6.11. The minimum absolute atomic E-state index is 0. The average molecular weight is 394 g/mol. The molecule has 0 aliphatic carbocycles. The molecule has 2 heterocycles. The average Bonchev–Trinajstić information content (AvgIpc) is 2.38. The predicted octanol–water partition coefficient (Wildman–Crippen LogP) is 2.38. The lowest BCUT2D eigenvalue weighted by Gasteiger charge is -2.32. The smallest absolute Gasteiger partial charge is 0.191 e. The third-order valence-corrected chi connectivity index (χ3v) is 4.41. The van der Waals surface area contributed by atoms with Crippen LogP contribution in [0, 0.1) is 11.8 Å². The van der Waals surface area contributed by atoms with Crippen molar-refractivity contribution < 1.29 is 0 Å². The summed E-state index contributed by atoms with van der Waals surface area (Å²) in [5.41, 5.74) is 6.11. The normalized spacial score (nSPS) is 29.1. The molecule has 4 nitrogen and oxygen atoms in total. The molecule has 2 N–H and O–H groups in total. The molecule has 0 aromatic carbocycles. The van der Waals surface area contributed by atoms with Crippen LogP contribution in [0.2, 0.25) is 0 Å². The number of aliphatic imine (C=N–C) groups is 1. The summed E-state index contributed by atoms with van der Waals surface area (Å²) in [7, 11) is 0. The zero-order valence-electron chi connectivity index (χ0n) is 13.1. The molecule has 0 saturated carbocycles. The highest BCUT2D eigenvalue weighted by molar-refractivity contribution is 14.0. The molecule has 0 bridgehead atoms. The van der Waals surface area contributed by atoms with Crippen molar-refractivity contribution in [3.8, 4) is 0 Å². The quantitative estimate of drug-likeness (QED) is 0.454. The van der Waals surface area contributed by atoms with Crippen LogP contribution in [0.15, 0.2) is 4.99 Å². The van der Waals surface area contributed by atoms with Gasteiger partial charge in [-0.2, -0.15) is 0 Å². The lowest BCUT2D eigenvalue weighted by atomic mass is 10.0. The molecule has 0 spiro atoms. The van der Waals surface area contributed by atoms with E-state index in [1.54, 1.807) is 0 Å². The van der Waals surface area contributed by atoms with E-state index in [4.69, 9.17) is 5.73 Å². The zero-order valence-corrected chi connectivity index (χ0v) is 15.4. The third kappa shape index (κ3) is 5.76. The summed E-state index contributed by atoms with van der Waals surface area (Å²) >= 11 is 0.